The molecule has 0 atom stereocenters. The lowest BCUT2D eigenvalue weighted by Gasteiger charge is -2.07. The Kier molecular flexibility index (Phi) is 5.00. The van der Waals surface area contributed by atoms with Crippen LogP contribution >= 0.6 is 0 Å². The summed E-state index contributed by atoms with van der Waals surface area (Å²) in [5, 5.41) is 1.03. The van der Waals surface area contributed by atoms with E-state index in [1.807, 2.05) is 24.3 Å². The van der Waals surface area contributed by atoms with E-state index in [1.165, 1.54) is 12.8 Å². The van der Waals surface area contributed by atoms with Crippen molar-refractivity contribution < 1.29 is 4.79 Å². The maximum absolute atomic E-state index is 12.4. The number of ketones is 1. The van der Waals surface area contributed by atoms with Crippen LogP contribution in [0.2, 0.25) is 0 Å². The van der Waals surface area contributed by atoms with Gasteiger partial charge in [0.15, 0.2) is 5.78 Å². The highest BCUT2D eigenvalue weighted by molar-refractivity contribution is 5.96. The number of fused-ring (bicyclic) bond motifs is 1. The lowest BCUT2D eigenvalue weighted by atomic mass is 10.0. The number of hydrogen-bond acceptors (Lipinski definition) is 3. The van der Waals surface area contributed by atoms with Crippen LogP contribution in [0.4, 0.5) is 0 Å². The maximum atomic E-state index is 12.4. The van der Waals surface area contributed by atoms with Gasteiger partial charge in [-0.15, -0.1) is 0 Å². The van der Waals surface area contributed by atoms with Crippen molar-refractivity contribution in [1.82, 2.24) is 14.5 Å². The van der Waals surface area contributed by atoms with Crippen molar-refractivity contribution in [3.63, 3.8) is 0 Å². The van der Waals surface area contributed by atoms with E-state index in [1.54, 1.807) is 6.33 Å². The number of aryl methyl sites for hydroxylation is 1. The van der Waals surface area contributed by atoms with Crippen LogP contribution in [0.15, 0.2) is 36.8 Å². The molecule has 28 heavy (non-hydrogen) atoms. The Morgan fingerprint density at radius 1 is 1.25 bits per heavy atom. The predicted octanol–water partition coefficient (Wildman–Crippen LogP) is 4.96. The fourth-order valence-corrected chi connectivity index (χ4v) is 3.52. The Bertz CT molecular complexity index is 1090. The number of carbonyl (C=O) groups is 1. The second-order valence-electron chi connectivity index (χ2n) is 7.82. The molecule has 1 fully saturated rings. The fraction of sp³-hybridized carbons (Fsp3) is 0.375. The van der Waals surface area contributed by atoms with Gasteiger partial charge in [0.05, 0.1) is 16.6 Å². The molecule has 0 bridgehead atoms. The molecule has 0 N–H and O–H groups in total. The minimum atomic E-state index is 0.226. The monoisotopic (exact) mass is 371 g/mol. The molecular formula is C24H25N3O. The van der Waals surface area contributed by atoms with Gasteiger partial charge in [0.25, 0.3) is 0 Å². The molecule has 0 amide bonds. The third-order valence-electron chi connectivity index (χ3n) is 5.28. The van der Waals surface area contributed by atoms with Crippen molar-refractivity contribution >= 4 is 16.8 Å². The second kappa shape index (κ2) is 7.59. The largest absolute Gasteiger partial charge is 0.329 e. The molecule has 0 saturated heterocycles. The molecule has 1 aromatic carbocycles. The number of carbonyl (C=O) groups excluding carboxylic acids is 1. The Morgan fingerprint density at radius 2 is 2.07 bits per heavy atom. The van der Waals surface area contributed by atoms with Crippen LogP contribution in [0.3, 0.4) is 0 Å². The minimum absolute atomic E-state index is 0.226. The van der Waals surface area contributed by atoms with Crippen molar-refractivity contribution in [3.05, 3.63) is 59.2 Å². The number of aromatic nitrogens is 3. The first-order valence-electron chi connectivity index (χ1n) is 10.1. The Balaban J connectivity index is 1.71. The summed E-state index contributed by atoms with van der Waals surface area (Å²) in [6.07, 6.45) is 7.57. The standard InChI is InChI=1S/C24H25N3O/c1-4-21-23-20(14-27(16(2)3)24(23)26-15-25-21)11-10-17-6-5-7-19(12-17)22(28)13-18-8-9-18/h5-7,12,14-16,18H,4,8-9,13H2,1-3H3. The van der Waals surface area contributed by atoms with E-state index in [9.17, 15) is 4.79 Å². The highest BCUT2D eigenvalue weighted by Crippen LogP contribution is 2.33. The zero-order valence-corrected chi connectivity index (χ0v) is 16.7. The molecule has 1 aliphatic carbocycles. The molecule has 2 aromatic heterocycles. The molecule has 142 valence electrons. The Labute approximate surface area is 166 Å². The van der Waals surface area contributed by atoms with Crippen molar-refractivity contribution in [2.75, 3.05) is 0 Å². The quantitative estimate of drug-likeness (QED) is 0.470. The summed E-state index contributed by atoms with van der Waals surface area (Å²) in [5.74, 6) is 7.38. The molecule has 0 spiro atoms. The van der Waals surface area contributed by atoms with E-state index in [0.29, 0.717) is 18.4 Å². The maximum Gasteiger partial charge on any atom is 0.163 e. The van der Waals surface area contributed by atoms with E-state index >= 15 is 0 Å². The van der Waals surface area contributed by atoms with Gasteiger partial charge in [-0.05, 0) is 51.2 Å². The smallest absolute Gasteiger partial charge is 0.163 e. The topological polar surface area (TPSA) is 47.8 Å². The predicted molar refractivity (Wildman–Crippen MR) is 111 cm³/mol. The third-order valence-corrected chi connectivity index (χ3v) is 5.28. The first kappa shape index (κ1) is 18.4. The van der Waals surface area contributed by atoms with E-state index in [4.69, 9.17) is 0 Å². The van der Waals surface area contributed by atoms with Crippen LogP contribution in [-0.4, -0.2) is 20.3 Å². The first-order valence-corrected chi connectivity index (χ1v) is 10.1. The van der Waals surface area contributed by atoms with Gasteiger partial charge in [0.2, 0.25) is 0 Å². The van der Waals surface area contributed by atoms with E-state index in [2.05, 4.69) is 53.3 Å². The summed E-state index contributed by atoms with van der Waals surface area (Å²) < 4.78 is 2.15. The Morgan fingerprint density at radius 3 is 2.79 bits per heavy atom. The van der Waals surface area contributed by atoms with E-state index in [-0.39, 0.29) is 5.78 Å². The molecule has 1 aliphatic rings. The summed E-state index contributed by atoms with van der Waals surface area (Å²) in [4.78, 5) is 21.3. The van der Waals surface area contributed by atoms with Crippen LogP contribution in [0, 0.1) is 17.8 Å². The third kappa shape index (κ3) is 3.71. The van der Waals surface area contributed by atoms with Gasteiger partial charge in [-0.25, -0.2) is 9.97 Å². The summed E-state index contributed by atoms with van der Waals surface area (Å²) in [6, 6.07) is 7.98. The number of nitrogens with zero attached hydrogens (tertiary/aromatic N) is 3. The zero-order valence-electron chi connectivity index (χ0n) is 16.7. The number of benzene rings is 1. The van der Waals surface area contributed by atoms with Crippen LogP contribution in [0.1, 0.15) is 73.3 Å². The highest BCUT2D eigenvalue weighted by atomic mass is 16.1. The van der Waals surface area contributed by atoms with Gasteiger partial charge in [-0.1, -0.05) is 30.9 Å². The minimum Gasteiger partial charge on any atom is -0.329 e. The van der Waals surface area contributed by atoms with Crippen molar-refractivity contribution in [1.29, 1.82) is 0 Å². The summed E-state index contributed by atoms with van der Waals surface area (Å²) >= 11 is 0. The molecule has 4 rings (SSSR count). The molecule has 4 nitrogen and oxygen atoms in total. The molecule has 0 aliphatic heterocycles. The van der Waals surface area contributed by atoms with Crippen LogP contribution in [0.5, 0.6) is 0 Å². The highest BCUT2D eigenvalue weighted by Gasteiger charge is 2.24. The van der Waals surface area contributed by atoms with Gasteiger partial charge >= 0.3 is 0 Å². The molecular weight excluding hydrogens is 346 g/mol. The van der Waals surface area contributed by atoms with Gasteiger partial charge in [-0.2, -0.15) is 0 Å². The van der Waals surface area contributed by atoms with Crippen molar-refractivity contribution in [2.24, 2.45) is 5.92 Å². The summed E-state index contributed by atoms with van der Waals surface area (Å²) in [6.45, 7) is 6.37. The molecule has 0 unspecified atom stereocenters. The van der Waals surface area contributed by atoms with Crippen molar-refractivity contribution in [3.8, 4) is 11.8 Å². The van der Waals surface area contributed by atoms with E-state index < -0.39 is 0 Å². The molecule has 0 radical (unpaired) electrons. The van der Waals surface area contributed by atoms with Crippen LogP contribution in [-0.2, 0) is 6.42 Å². The average molecular weight is 371 g/mol. The number of hydrogen-bond donors (Lipinski definition) is 0. The lowest BCUT2D eigenvalue weighted by molar-refractivity contribution is 0.0976. The summed E-state index contributed by atoms with van der Waals surface area (Å²) in [5.41, 5.74) is 4.51. The van der Waals surface area contributed by atoms with Crippen molar-refractivity contribution in [2.45, 2.75) is 52.5 Å². The average Bonchev–Trinajstić information content (AvgIpc) is 3.43. The van der Waals surface area contributed by atoms with Gasteiger partial charge in [-0.3, -0.25) is 4.79 Å². The van der Waals surface area contributed by atoms with Gasteiger partial charge < -0.3 is 4.57 Å². The number of Topliss-reactive ketones (excluding diaryl/α,β-unsaturated/α-hetero) is 1. The first-order chi connectivity index (χ1) is 13.6. The summed E-state index contributed by atoms with van der Waals surface area (Å²) in [7, 11) is 0. The normalized spacial score (nSPS) is 13.6. The SMILES string of the molecule is CCc1ncnc2c1c(C#Cc1cccc(C(=O)CC3CC3)c1)cn2C(C)C. The Hall–Kier alpha value is -2.93. The van der Waals surface area contributed by atoms with Crippen LogP contribution in [0.25, 0.3) is 11.0 Å². The van der Waals surface area contributed by atoms with Gasteiger partial charge in [0, 0.05) is 29.8 Å². The van der Waals surface area contributed by atoms with Gasteiger partial charge in [0.1, 0.15) is 12.0 Å². The molecule has 4 heteroatoms. The lowest BCUT2D eigenvalue weighted by Crippen LogP contribution is -2.00. The molecule has 3 aromatic rings. The van der Waals surface area contributed by atoms with Crippen LogP contribution < -0.4 is 0 Å². The fourth-order valence-electron chi connectivity index (χ4n) is 3.52. The van der Waals surface area contributed by atoms with E-state index in [0.717, 1.165) is 39.8 Å². The molecule has 1 saturated carbocycles. The second-order valence-corrected chi connectivity index (χ2v) is 7.82. The molecule has 2 heterocycles. The zero-order chi connectivity index (χ0) is 19.7. The number of rotatable bonds is 5.